The van der Waals surface area contributed by atoms with Gasteiger partial charge in [0, 0.05) is 13.1 Å². The Balaban J connectivity index is 2.43. The highest BCUT2D eigenvalue weighted by Gasteiger charge is 2.34. The molecule has 0 spiro atoms. The first-order chi connectivity index (χ1) is 9.67. The lowest BCUT2D eigenvalue weighted by Gasteiger charge is -2.26. The Kier molecular flexibility index (Phi) is 4.34. The topological polar surface area (TPSA) is 91.8 Å². The van der Waals surface area contributed by atoms with Crippen LogP contribution in [-0.2, 0) is 26.5 Å². The molecule has 1 aliphatic rings. The maximum absolute atomic E-state index is 13.7. The maximum atomic E-state index is 13.7. The van der Waals surface area contributed by atoms with Gasteiger partial charge in [-0.3, -0.25) is 0 Å². The van der Waals surface area contributed by atoms with Crippen LogP contribution >= 0.6 is 0 Å². The van der Waals surface area contributed by atoms with Crippen LogP contribution in [0.5, 0.6) is 0 Å². The quantitative estimate of drug-likeness (QED) is 0.827. The zero-order chi connectivity index (χ0) is 15.8. The van der Waals surface area contributed by atoms with E-state index in [-0.39, 0.29) is 30.2 Å². The Hall–Kier alpha value is -1.10. The second-order valence-corrected chi connectivity index (χ2v) is 8.81. The molecule has 0 aliphatic carbocycles. The van der Waals surface area contributed by atoms with E-state index in [0.717, 1.165) is 10.4 Å². The van der Waals surface area contributed by atoms with Gasteiger partial charge in [-0.05, 0) is 17.7 Å². The van der Waals surface area contributed by atoms with Crippen molar-refractivity contribution in [2.75, 3.05) is 24.6 Å². The summed E-state index contributed by atoms with van der Waals surface area (Å²) in [5, 5.41) is 8.95. The molecule has 1 saturated heterocycles. The number of aliphatic hydroxyl groups is 1. The summed E-state index contributed by atoms with van der Waals surface area (Å²) in [6.45, 7) is -1.27. The van der Waals surface area contributed by atoms with E-state index in [4.69, 9.17) is 5.11 Å². The number of halogens is 2. The van der Waals surface area contributed by atoms with Crippen LogP contribution in [-0.4, -0.2) is 50.8 Å². The molecule has 10 heteroatoms. The van der Waals surface area contributed by atoms with E-state index in [1.807, 2.05) is 0 Å². The molecule has 0 unspecified atom stereocenters. The molecule has 6 nitrogen and oxygen atoms in total. The first-order valence-corrected chi connectivity index (χ1v) is 9.23. The van der Waals surface area contributed by atoms with E-state index >= 15 is 0 Å². The van der Waals surface area contributed by atoms with Crippen LogP contribution < -0.4 is 0 Å². The van der Waals surface area contributed by atoms with Gasteiger partial charge in [-0.1, -0.05) is 0 Å². The smallest absolute Gasteiger partial charge is 0.246 e. The summed E-state index contributed by atoms with van der Waals surface area (Å²) in [5.74, 6) is -3.66. The third-order valence-electron chi connectivity index (χ3n) is 3.16. The Labute approximate surface area is 121 Å². The zero-order valence-electron chi connectivity index (χ0n) is 10.8. The van der Waals surface area contributed by atoms with E-state index in [1.165, 1.54) is 0 Å². The predicted molar refractivity (Wildman–Crippen MR) is 69.7 cm³/mol. The lowest BCUT2D eigenvalue weighted by Crippen LogP contribution is -2.43. The Morgan fingerprint density at radius 3 is 2.29 bits per heavy atom. The molecule has 1 N–H and O–H groups in total. The lowest BCUT2D eigenvalue weighted by molar-refractivity contribution is 0.280. The first kappa shape index (κ1) is 16.3. The number of sulfone groups is 1. The van der Waals surface area contributed by atoms with Gasteiger partial charge in [0.05, 0.1) is 18.1 Å². The van der Waals surface area contributed by atoms with Crippen molar-refractivity contribution in [2.24, 2.45) is 0 Å². The molecule has 118 valence electrons. The van der Waals surface area contributed by atoms with E-state index < -0.39 is 43.0 Å². The molecular weight excluding hydrogens is 328 g/mol. The molecular formula is C11H13F2NO5S2. The van der Waals surface area contributed by atoms with Crippen LogP contribution in [0.1, 0.15) is 5.56 Å². The van der Waals surface area contributed by atoms with Gasteiger partial charge >= 0.3 is 0 Å². The van der Waals surface area contributed by atoms with Crippen molar-refractivity contribution in [1.29, 1.82) is 0 Å². The van der Waals surface area contributed by atoms with Gasteiger partial charge in [-0.2, -0.15) is 4.31 Å². The molecule has 1 aromatic rings. The average molecular weight is 341 g/mol. The summed E-state index contributed by atoms with van der Waals surface area (Å²) in [5.41, 5.74) is -0.0860. The third-order valence-corrected chi connectivity index (χ3v) is 6.67. The van der Waals surface area contributed by atoms with Crippen molar-refractivity contribution in [3.8, 4) is 0 Å². The van der Waals surface area contributed by atoms with Crippen LogP contribution in [0.2, 0.25) is 0 Å². The minimum atomic E-state index is -4.36. The highest BCUT2D eigenvalue weighted by Crippen LogP contribution is 2.24. The number of sulfonamides is 1. The van der Waals surface area contributed by atoms with E-state index in [2.05, 4.69) is 0 Å². The molecule has 21 heavy (non-hydrogen) atoms. The summed E-state index contributed by atoms with van der Waals surface area (Å²) in [6.07, 6.45) is 0. The van der Waals surface area contributed by atoms with Crippen molar-refractivity contribution >= 4 is 19.9 Å². The zero-order valence-corrected chi connectivity index (χ0v) is 12.4. The summed E-state index contributed by atoms with van der Waals surface area (Å²) < 4.78 is 75.1. The number of aliphatic hydroxyl groups excluding tert-OH is 1. The van der Waals surface area contributed by atoms with Gasteiger partial charge in [0.1, 0.15) is 4.90 Å². The van der Waals surface area contributed by atoms with Gasteiger partial charge < -0.3 is 5.11 Å². The van der Waals surface area contributed by atoms with Crippen molar-refractivity contribution in [2.45, 2.75) is 11.5 Å². The average Bonchev–Trinajstić information content (AvgIpc) is 2.41. The molecule has 2 rings (SSSR count). The number of rotatable bonds is 3. The van der Waals surface area contributed by atoms with Crippen LogP contribution in [0.25, 0.3) is 0 Å². The molecule has 0 amide bonds. The largest absolute Gasteiger partial charge is 0.392 e. The minimum absolute atomic E-state index is 0.0860. The number of benzene rings is 1. The summed E-state index contributed by atoms with van der Waals surface area (Å²) in [6, 6.07) is 1.55. The Morgan fingerprint density at radius 1 is 1.19 bits per heavy atom. The van der Waals surface area contributed by atoms with E-state index in [1.54, 1.807) is 0 Å². The highest BCUT2D eigenvalue weighted by atomic mass is 32.2. The molecule has 0 bridgehead atoms. The van der Waals surface area contributed by atoms with Crippen LogP contribution in [0.4, 0.5) is 8.78 Å². The molecule has 0 aromatic heterocycles. The second-order valence-electron chi connectivity index (χ2n) is 4.60. The monoisotopic (exact) mass is 341 g/mol. The van der Waals surface area contributed by atoms with Gasteiger partial charge in [-0.25, -0.2) is 25.6 Å². The van der Waals surface area contributed by atoms with Crippen LogP contribution in [0.15, 0.2) is 17.0 Å². The van der Waals surface area contributed by atoms with Gasteiger partial charge in [0.25, 0.3) is 0 Å². The first-order valence-electron chi connectivity index (χ1n) is 5.97. The van der Waals surface area contributed by atoms with E-state index in [0.29, 0.717) is 6.07 Å². The summed E-state index contributed by atoms with van der Waals surface area (Å²) in [4.78, 5) is -0.897. The standard InChI is InChI=1S/C11H13F2NO5S2/c12-9-5-8(7-15)6-10(11(9)13)21(18,19)14-1-3-20(16,17)4-2-14/h5-6,15H,1-4,7H2. The molecule has 1 aliphatic heterocycles. The number of nitrogens with zero attached hydrogens (tertiary/aromatic N) is 1. The Morgan fingerprint density at radius 2 is 1.76 bits per heavy atom. The van der Waals surface area contributed by atoms with E-state index in [9.17, 15) is 25.6 Å². The molecule has 1 heterocycles. The van der Waals surface area contributed by atoms with Gasteiger partial charge in [0.15, 0.2) is 21.5 Å². The molecule has 0 saturated carbocycles. The predicted octanol–water partition coefficient (Wildman–Crippen LogP) is -0.124. The van der Waals surface area contributed by atoms with Crippen LogP contribution in [0, 0.1) is 11.6 Å². The van der Waals surface area contributed by atoms with Gasteiger partial charge in [-0.15, -0.1) is 0 Å². The number of hydrogen-bond acceptors (Lipinski definition) is 5. The fraction of sp³-hybridized carbons (Fsp3) is 0.455. The maximum Gasteiger partial charge on any atom is 0.246 e. The molecule has 1 fully saturated rings. The van der Waals surface area contributed by atoms with Crippen molar-refractivity contribution < 1.29 is 30.7 Å². The van der Waals surface area contributed by atoms with Crippen molar-refractivity contribution in [3.05, 3.63) is 29.3 Å². The normalized spacial score (nSPS) is 19.6. The second kappa shape index (κ2) is 5.59. The Bertz CT molecular complexity index is 747. The number of hydrogen-bond donors (Lipinski definition) is 1. The fourth-order valence-corrected chi connectivity index (χ4v) is 4.97. The van der Waals surface area contributed by atoms with Gasteiger partial charge in [0.2, 0.25) is 10.0 Å². The molecule has 0 radical (unpaired) electrons. The summed E-state index contributed by atoms with van der Waals surface area (Å²) >= 11 is 0. The SMILES string of the molecule is O=S1(=O)CCN(S(=O)(=O)c2cc(CO)cc(F)c2F)CC1. The third kappa shape index (κ3) is 3.23. The molecule has 1 aromatic carbocycles. The van der Waals surface area contributed by atoms with Crippen molar-refractivity contribution in [1.82, 2.24) is 4.31 Å². The fourth-order valence-electron chi connectivity index (χ4n) is 1.97. The highest BCUT2D eigenvalue weighted by molar-refractivity contribution is 7.92. The van der Waals surface area contributed by atoms with Crippen molar-refractivity contribution in [3.63, 3.8) is 0 Å². The lowest BCUT2D eigenvalue weighted by atomic mass is 10.2. The molecule has 0 atom stereocenters. The van der Waals surface area contributed by atoms with Crippen LogP contribution in [0.3, 0.4) is 0 Å². The summed E-state index contributed by atoms with van der Waals surface area (Å²) in [7, 11) is -7.66. The minimum Gasteiger partial charge on any atom is -0.392 e.